The average Bonchev–Trinajstić information content (AvgIpc) is 3.05. The summed E-state index contributed by atoms with van der Waals surface area (Å²) in [6.45, 7) is 12.5. The summed E-state index contributed by atoms with van der Waals surface area (Å²) in [7, 11) is 0. The van der Waals surface area contributed by atoms with Gasteiger partial charge in [0.1, 0.15) is 5.82 Å². The second-order valence-corrected chi connectivity index (χ2v) is 15.4. The molecule has 2 aliphatic heterocycles. The number of carbonyl (C=O) groups excluding carboxylic acids is 1. The lowest BCUT2D eigenvalue weighted by atomic mass is 9.45. The first-order valence-electron chi connectivity index (χ1n) is 17.5. The summed E-state index contributed by atoms with van der Waals surface area (Å²) in [5.74, 6) is 3.64. The molecule has 5 atom stereocenters. The predicted molar refractivity (Wildman–Crippen MR) is 189 cm³/mol. The lowest BCUT2D eigenvalue weighted by Gasteiger charge is -2.61. The van der Waals surface area contributed by atoms with E-state index in [1.165, 1.54) is 6.42 Å². The Morgan fingerprint density at radius 1 is 1.09 bits per heavy atom. The number of aryl methyl sites for hydroxylation is 1. The van der Waals surface area contributed by atoms with E-state index < -0.39 is 0 Å². The fourth-order valence-corrected chi connectivity index (χ4v) is 8.81. The number of piperazine rings is 1. The summed E-state index contributed by atoms with van der Waals surface area (Å²) < 4.78 is 1.90. The molecule has 10 heteroatoms. The van der Waals surface area contributed by atoms with Crippen molar-refractivity contribution in [2.75, 3.05) is 31.5 Å². The van der Waals surface area contributed by atoms with Crippen molar-refractivity contribution in [2.24, 2.45) is 28.2 Å². The van der Waals surface area contributed by atoms with E-state index in [-0.39, 0.29) is 36.0 Å². The van der Waals surface area contributed by atoms with Gasteiger partial charge >= 0.3 is 0 Å². The fraction of sp³-hybridized carbons (Fsp3) is 0.568. The van der Waals surface area contributed by atoms with Crippen molar-refractivity contribution in [3.05, 3.63) is 69.2 Å². The number of aromatic nitrogens is 2. The normalized spacial score (nSPS) is 27.8. The molecule has 3 aliphatic carbocycles. The molecule has 8 rings (SSSR count). The number of piperidine rings is 1. The zero-order valence-electron chi connectivity index (χ0n) is 28.1. The van der Waals surface area contributed by atoms with Crippen LogP contribution in [-0.2, 0) is 17.8 Å². The summed E-state index contributed by atoms with van der Waals surface area (Å²) in [6, 6.07) is 13.9. The minimum Gasteiger partial charge on any atom is -0.350 e. The maximum Gasteiger partial charge on any atom is 0.261 e. The molecular weight excluding hydrogens is 610 g/mol. The molecule has 5 aliphatic rings. The smallest absolute Gasteiger partial charge is 0.261 e. The van der Waals surface area contributed by atoms with Gasteiger partial charge in [0, 0.05) is 35.8 Å². The third-order valence-electron chi connectivity index (χ3n) is 11.6. The summed E-state index contributed by atoms with van der Waals surface area (Å²) >= 11 is 6.12. The Bertz CT molecular complexity index is 1730. The lowest BCUT2D eigenvalue weighted by Crippen LogP contribution is -2.58. The number of guanidine groups is 1. The third kappa shape index (κ3) is 6.41. The van der Waals surface area contributed by atoms with Gasteiger partial charge in [0.05, 0.1) is 23.5 Å². The molecule has 1 amide bonds. The Kier molecular flexibility index (Phi) is 8.81. The van der Waals surface area contributed by atoms with Crippen molar-refractivity contribution in [1.29, 1.82) is 0 Å². The number of nitrogens with one attached hydrogen (secondary N) is 3. The lowest BCUT2D eigenvalue weighted by molar-refractivity contribution is -0.124. The quantitative estimate of drug-likeness (QED) is 0.242. The number of hydrogen-bond acceptors (Lipinski definition) is 5. The Morgan fingerprint density at radius 3 is 2.55 bits per heavy atom. The van der Waals surface area contributed by atoms with Gasteiger partial charge in [-0.25, -0.2) is 9.98 Å². The highest BCUT2D eigenvalue weighted by Gasteiger charge is 2.56. The molecule has 250 valence electrons. The Labute approximate surface area is 282 Å². The molecule has 3 aromatic rings. The zero-order chi connectivity index (χ0) is 32.9. The third-order valence-corrected chi connectivity index (χ3v) is 11.9. The van der Waals surface area contributed by atoms with Crippen LogP contribution in [0.1, 0.15) is 70.7 Å². The highest BCUT2D eigenvalue weighted by molar-refractivity contribution is 6.30. The molecule has 9 nitrogen and oxygen atoms in total. The van der Waals surface area contributed by atoms with Crippen LogP contribution in [0, 0.1) is 23.2 Å². The van der Waals surface area contributed by atoms with Crippen molar-refractivity contribution in [1.82, 2.24) is 25.1 Å². The largest absolute Gasteiger partial charge is 0.350 e. The topological polar surface area (TPSA) is 104 Å². The fourth-order valence-electron chi connectivity index (χ4n) is 8.68. The van der Waals surface area contributed by atoms with Crippen molar-refractivity contribution < 1.29 is 4.79 Å². The van der Waals surface area contributed by atoms with Crippen LogP contribution in [0.15, 0.2) is 52.3 Å². The molecule has 3 N–H and O–H groups in total. The van der Waals surface area contributed by atoms with E-state index in [0.717, 1.165) is 61.8 Å². The van der Waals surface area contributed by atoms with Crippen LogP contribution in [0.3, 0.4) is 0 Å². The number of amides is 1. The van der Waals surface area contributed by atoms with Gasteiger partial charge in [-0.15, -0.1) is 0 Å². The number of halogens is 1. The molecule has 1 aromatic heterocycles. The van der Waals surface area contributed by atoms with Gasteiger partial charge in [0.25, 0.3) is 5.56 Å². The van der Waals surface area contributed by atoms with Gasteiger partial charge in [-0.1, -0.05) is 44.5 Å². The minimum atomic E-state index is -0.00247. The van der Waals surface area contributed by atoms with Crippen molar-refractivity contribution >= 4 is 40.1 Å². The zero-order valence-corrected chi connectivity index (χ0v) is 28.8. The van der Waals surface area contributed by atoms with E-state index >= 15 is 0 Å². The average molecular weight is 658 g/mol. The SMILES string of the molecule is C[C@@H]1[C@@H](/N=C(/Nc2ccc3c(=O)n(CCc4ccc(Cl)cc4)c(C4CCNCC4)nc3c2)N2CC(=O)N[C@@H](C)C2)C[C@H]2C[C@@H]1C2(C)C. The van der Waals surface area contributed by atoms with E-state index in [1.54, 1.807) is 0 Å². The highest BCUT2D eigenvalue weighted by atomic mass is 35.5. The maximum absolute atomic E-state index is 14.1. The van der Waals surface area contributed by atoms with Crippen LogP contribution in [0.5, 0.6) is 0 Å². The van der Waals surface area contributed by atoms with Crippen molar-refractivity contribution in [2.45, 2.75) is 84.3 Å². The highest BCUT2D eigenvalue weighted by Crippen LogP contribution is 2.61. The molecule has 3 saturated carbocycles. The minimum absolute atomic E-state index is 0.00247. The monoisotopic (exact) mass is 657 g/mol. The Balaban J connectivity index is 1.22. The molecule has 47 heavy (non-hydrogen) atoms. The molecule has 0 unspecified atom stereocenters. The number of rotatable bonds is 6. The van der Waals surface area contributed by atoms with E-state index in [2.05, 4.69) is 41.6 Å². The summed E-state index contributed by atoms with van der Waals surface area (Å²) in [5.41, 5.74) is 3.02. The van der Waals surface area contributed by atoms with Gasteiger partial charge in [-0.3, -0.25) is 14.2 Å². The first kappa shape index (κ1) is 32.1. The number of anilines is 1. The molecule has 0 radical (unpaired) electrons. The van der Waals surface area contributed by atoms with Crippen LogP contribution in [-0.4, -0.2) is 64.6 Å². The Hall–Kier alpha value is -3.43. The van der Waals surface area contributed by atoms with Crippen molar-refractivity contribution in [3.8, 4) is 0 Å². The Morgan fingerprint density at radius 2 is 1.85 bits per heavy atom. The molecular formula is C37H48ClN7O2. The molecule has 2 aromatic carbocycles. The number of hydrogen-bond donors (Lipinski definition) is 3. The first-order valence-corrected chi connectivity index (χ1v) is 17.8. The van der Waals surface area contributed by atoms with Crippen LogP contribution in [0.4, 0.5) is 5.69 Å². The van der Waals surface area contributed by atoms with E-state index in [1.807, 2.05) is 54.0 Å². The van der Waals surface area contributed by atoms with Gasteiger partial charge in [0.15, 0.2) is 5.96 Å². The second kappa shape index (κ2) is 12.9. The number of nitrogens with zero attached hydrogens (tertiary/aromatic N) is 4. The number of aliphatic imine (C=N–C) groups is 1. The van der Waals surface area contributed by atoms with E-state index in [4.69, 9.17) is 21.6 Å². The molecule has 2 saturated heterocycles. The van der Waals surface area contributed by atoms with Gasteiger partial charge < -0.3 is 20.9 Å². The molecule has 5 fully saturated rings. The number of fused-ring (bicyclic) bond motifs is 3. The van der Waals surface area contributed by atoms with Crippen LogP contribution >= 0.6 is 11.6 Å². The van der Waals surface area contributed by atoms with Gasteiger partial charge in [-0.05, 0) is 111 Å². The second-order valence-electron chi connectivity index (χ2n) is 15.0. The standard InChI is InChI=1S/C37H48ClN7O2/c1-22-20-44(21-33(46)40-22)36(43-31-18-26-17-30(23(31)2)37(26,3)4)41-28-9-10-29-32(19-28)42-34(25-11-14-39-15-12-25)45(35(29)47)16-13-24-5-7-27(38)8-6-24/h5-10,19,22-23,25-26,30-31,39H,11-18,20-21H2,1-4H3,(H,40,46)(H,41,43)/t22-,23-,26+,30-,31-/m0/s1. The summed E-state index contributed by atoms with van der Waals surface area (Å²) in [6.07, 6.45) is 4.98. The number of benzene rings is 2. The van der Waals surface area contributed by atoms with E-state index in [9.17, 15) is 9.59 Å². The molecule has 2 bridgehead atoms. The number of carbonyl (C=O) groups is 1. The summed E-state index contributed by atoms with van der Waals surface area (Å²) in [4.78, 5) is 39.4. The van der Waals surface area contributed by atoms with E-state index in [0.29, 0.717) is 52.2 Å². The maximum atomic E-state index is 14.1. The molecule has 3 heterocycles. The van der Waals surface area contributed by atoms with Gasteiger partial charge in [0.2, 0.25) is 5.91 Å². The van der Waals surface area contributed by atoms with Crippen LogP contribution in [0.2, 0.25) is 5.02 Å². The summed E-state index contributed by atoms with van der Waals surface area (Å²) in [5, 5.41) is 11.4. The van der Waals surface area contributed by atoms with Crippen LogP contribution < -0.4 is 21.5 Å². The first-order chi connectivity index (χ1) is 22.6. The van der Waals surface area contributed by atoms with Crippen LogP contribution in [0.25, 0.3) is 10.9 Å². The predicted octanol–water partition coefficient (Wildman–Crippen LogP) is 5.42. The van der Waals surface area contributed by atoms with Gasteiger partial charge in [-0.2, -0.15) is 0 Å². The van der Waals surface area contributed by atoms with Crippen molar-refractivity contribution in [3.63, 3.8) is 0 Å². The molecule has 0 spiro atoms.